The van der Waals surface area contributed by atoms with E-state index >= 15 is 0 Å². The molecule has 0 heterocycles. The fourth-order valence-corrected chi connectivity index (χ4v) is 6.97. The van der Waals surface area contributed by atoms with Gasteiger partial charge in [-0.15, -0.1) is 0 Å². The zero-order chi connectivity index (χ0) is 31.9. The van der Waals surface area contributed by atoms with E-state index in [-0.39, 0.29) is 34.9 Å². The van der Waals surface area contributed by atoms with Crippen LogP contribution in [0, 0.1) is 35.0 Å². The molecule has 0 aromatic rings. The highest BCUT2D eigenvalue weighted by atomic mass is 16.4. The Morgan fingerprint density at radius 1 is 1.05 bits per heavy atom. The largest absolute Gasteiger partial charge is 0.478 e. The Hall–Kier alpha value is -3.32. The van der Waals surface area contributed by atoms with Gasteiger partial charge in [-0.05, 0) is 68.6 Å². The summed E-state index contributed by atoms with van der Waals surface area (Å²) in [5.41, 5.74) is 2.09. The molecule has 4 N–H and O–H groups in total. The monoisotopic (exact) mass is 588 g/mol. The van der Waals surface area contributed by atoms with Crippen LogP contribution in [0.3, 0.4) is 0 Å². The minimum Gasteiger partial charge on any atom is -0.478 e. The molecule has 0 amide bonds. The summed E-state index contributed by atoms with van der Waals surface area (Å²) in [6.07, 6.45) is 26.5. The van der Waals surface area contributed by atoms with Gasteiger partial charge in [-0.25, -0.2) is 4.79 Å². The highest BCUT2D eigenvalue weighted by Gasteiger charge is 2.57. The molecule has 0 radical (unpaired) electrons. The van der Waals surface area contributed by atoms with Crippen molar-refractivity contribution >= 4 is 11.8 Å². The van der Waals surface area contributed by atoms with E-state index in [1.165, 1.54) is 11.6 Å². The molecule has 0 aromatic carbocycles. The number of hydrogen-bond acceptors (Lipinski definition) is 5. The lowest BCUT2D eigenvalue weighted by molar-refractivity contribution is -0.131. The SMILES string of the molecule is CC(C=CC(=O)O)=CCC(O)C(C)C(O)C=CC=CC=CC1C(C)=CC2C(C1C=C1C=CC(=O)C=C1)C(C)(C)CC2(C)O. The molecule has 8 unspecified atom stereocenters. The normalized spacial score (nSPS) is 31.3. The second-order valence-corrected chi connectivity index (χ2v) is 13.3. The van der Waals surface area contributed by atoms with Crippen LogP contribution in [0.15, 0.2) is 108 Å². The van der Waals surface area contributed by atoms with Gasteiger partial charge in [0.25, 0.3) is 0 Å². The van der Waals surface area contributed by atoms with Crippen molar-refractivity contribution in [2.24, 2.45) is 35.0 Å². The van der Waals surface area contributed by atoms with Crippen LogP contribution in [0.25, 0.3) is 0 Å². The van der Waals surface area contributed by atoms with Crippen molar-refractivity contribution in [2.75, 3.05) is 0 Å². The standard InChI is InChI=1S/C37H48O6/c1-24(14-20-34(41)42)13-19-33(40)26(3)32(39)12-10-8-7-9-11-29-25(2)21-31-35(36(4,5)23-37(31,6)43)30(29)22-27-15-17-28(38)18-16-27/h7-18,20-22,26,29-33,35,39-40,43H,19,23H2,1-6H3,(H,41,42). The van der Waals surface area contributed by atoms with Crippen LogP contribution in [0.4, 0.5) is 0 Å². The van der Waals surface area contributed by atoms with E-state index in [0.717, 1.165) is 23.6 Å². The van der Waals surface area contributed by atoms with Crippen LogP contribution in [0.5, 0.6) is 0 Å². The summed E-state index contributed by atoms with van der Waals surface area (Å²) in [5.74, 6) is -0.914. The van der Waals surface area contributed by atoms with Crippen LogP contribution in [-0.4, -0.2) is 50.0 Å². The van der Waals surface area contributed by atoms with Gasteiger partial charge >= 0.3 is 5.97 Å². The van der Waals surface area contributed by atoms with Crippen LogP contribution >= 0.6 is 0 Å². The van der Waals surface area contributed by atoms with Crippen LogP contribution in [0.1, 0.15) is 54.4 Å². The maximum atomic E-state index is 11.7. The van der Waals surface area contributed by atoms with Gasteiger partial charge in [0, 0.05) is 23.8 Å². The van der Waals surface area contributed by atoms with Gasteiger partial charge in [0.15, 0.2) is 5.78 Å². The molecule has 1 saturated carbocycles. The minimum atomic E-state index is -1.03. The zero-order valence-corrected chi connectivity index (χ0v) is 26.2. The van der Waals surface area contributed by atoms with Crippen molar-refractivity contribution in [3.05, 3.63) is 108 Å². The quantitative estimate of drug-likeness (QED) is 0.129. The first-order valence-corrected chi connectivity index (χ1v) is 15.1. The van der Waals surface area contributed by atoms with Crippen molar-refractivity contribution < 1.29 is 30.0 Å². The fourth-order valence-electron chi connectivity index (χ4n) is 6.97. The molecule has 1 fully saturated rings. The first-order chi connectivity index (χ1) is 20.1. The molecule has 0 spiro atoms. The number of carbonyl (C=O) groups is 2. The maximum absolute atomic E-state index is 11.7. The average molecular weight is 589 g/mol. The molecule has 6 nitrogen and oxygen atoms in total. The Labute approximate surface area is 256 Å². The molecular weight excluding hydrogens is 540 g/mol. The molecule has 3 aliphatic carbocycles. The second kappa shape index (κ2) is 14.4. The lowest BCUT2D eigenvalue weighted by atomic mass is 9.61. The Morgan fingerprint density at radius 2 is 1.70 bits per heavy atom. The predicted molar refractivity (Wildman–Crippen MR) is 172 cm³/mol. The molecule has 0 aliphatic heterocycles. The molecule has 3 aliphatic rings. The third-order valence-corrected chi connectivity index (χ3v) is 9.16. The number of rotatable bonds is 11. The van der Waals surface area contributed by atoms with Crippen molar-refractivity contribution in [1.29, 1.82) is 0 Å². The highest BCUT2D eigenvalue weighted by Crippen LogP contribution is 2.60. The van der Waals surface area contributed by atoms with Crippen molar-refractivity contribution in [3.8, 4) is 0 Å². The molecule has 0 bridgehead atoms. The van der Waals surface area contributed by atoms with Crippen LogP contribution < -0.4 is 0 Å². The number of aliphatic carboxylic acids is 1. The first-order valence-electron chi connectivity index (χ1n) is 15.1. The molecular formula is C37H48O6. The number of aliphatic hydroxyl groups is 3. The van der Waals surface area contributed by atoms with Crippen molar-refractivity contribution in [1.82, 2.24) is 0 Å². The molecule has 232 valence electrons. The molecule has 3 rings (SSSR count). The number of carboxylic acid groups (broad SMARTS) is 1. The van der Waals surface area contributed by atoms with Gasteiger partial charge in [0.05, 0.1) is 17.8 Å². The number of carboxylic acids is 1. The topological polar surface area (TPSA) is 115 Å². The highest BCUT2D eigenvalue weighted by molar-refractivity contribution is 6.01. The summed E-state index contributed by atoms with van der Waals surface area (Å²) < 4.78 is 0. The molecule has 0 aromatic heterocycles. The lowest BCUT2D eigenvalue weighted by Gasteiger charge is -2.43. The molecule has 6 heteroatoms. The summed E-state index contributed by atoms with van der Waals surface area (Å²) in [5, 5.41) is 41.0. The Kier molecular flexibility index (Phi) is 11.5. The number of carbonyl (C=O) groups excluding carboxylic acids is 1. The van der Waals surface area contributed by atoms with Crippen molar-refractivity contribution in [3.63, 3.8) is 0 Å². The number of hydrogen-bond donors (Lipinski definition) is 4. The van der Waals surface area contributed by atoms with E-state index in [2.05, 4.69) is 39.0 Å². The smallest absolute Gasteiger partial charge is 0.328 e. The summed E-state index contributed by atoms with van der Waals surface area (Å²) >= 11 is 0. The molecule has 0 saturated heterocycles. The number of aliphatic hydroxyl groups excluding tert-OH is 2. The van der Waals surface area contributed by atoms with Gasteiger partial charge in [0.2, 0.25) is 0 Å². The van der Waals surface area contributed by atoms with Gasteiger partial charge in [-0.1, -0.05) is 105 Å². The van der Waals surface area contributed by atoms with E-state index in [9.17, 15) is 24.9 Å². The number of allylic oxidation sites excluding steroid dienone is 14. The van der Waals surface area contributed by atoms with E-state index in [0.29, 0.717) is 6.42 Å². The maximum Gasteiger partial charge on any atom is 0.328 e. The summed E-state index contributed by atoms with van der Waals surface area (Å²) in [4.78, 5) is 22.3. The van der Waals surface area contributed by atoms with E-state index in [1.54, 1.807) is 44.2 Å². The zero-order valence-electron chi connectivity index (χ0n) is 26.2. The van der Waals surface area contributed by atoms with Gasteiger partial charge < -0.3 is 20.4 Å². The molecule has 8 atom stereocenters. The lowest BCUT2D eigenvalue weighted by Crippen LogP contribution is -2.39. The number of ketones is 1. The fraction of sp³-hybridized carbons (Fsp3) is 0.459. The van der Waals surface area contributed by atoms with Crippen LogP contribution in [-0.2, 0) is 9.59 Å². The Balaban J connectivity index is 1.71. The predicted octanol–water partition coefficient (Wildman–Crippen LogP) is 6.22. The molecule has 43 heavy (non-hydrogen) atoms. The third kappa shape index (κ3) is 9.09. The van der Waals surface area contributed by atoms with E-state index in [4.69, 9.17) is 5.11 Å². The third-order valence-electron chi connectivity index (χ3n) is 9.16. The average Bonchev–Trinajstić information content (AvgIpc) is 3.12. The van der Waals surface area contributed by atoms with E-state index < -0.39 is 29.7 Å². The van der Waals surface area contributed by atoms with Gasteiger partial charge in [-0.3, -0.25) is 4.79 Å². The van der Waals surface area contributed by atoms with Gasteiger partial charge in [-0.2, -0.15) is 0 Å². The van der Waals surface area contributed by atoms with Crippen molar-refractivity contribution in [2.45, 2.75) is 72.2 Å². The summed E-state index contributed by atoms with van der Waals surface area (Å²) in [6.45, 7) is 12.1. The minimum absolute atomic E-state index is 0.0140. The van der Waals surface area contributed by atoms with Gasteiger partial charge in [0.1, 0.15) is 0 Å². The van der Waals surface area contributed by atoms with Crippen LogP contribution in [0.2, 0.25) is 0 Å². The second-order valence-electron chi connectivity index (χ2n) is 13.3. The Morgan fingerprint density at radius 3 is 2.35 bits per heavy atom. The number of fused-ring (bicyclic) bond motifs is 1. The first kappa shape index (κ1) is 34.2. The Bertz CT molecular complexity index is 1290. The van der Waals surface area contributed by atoms with E-state index in [1.807, 2.05) is 37.3 Å². The summed E-state index contributed by atoms with van der Waals surface area (Å²) in [6, 6.07) is 0. The summed E-state index contributed by atoms with van der Waals surface area (Å²) in [7, 11) is 0.